The van der Waals surface area contributed by atoms with Crippen LogP contribution in [0.3, 0.4) is 0 Å². The third-order valence-corrected chi connectivity index (χ3v) is 4.10. The monoisotopic (exact) mass is 361 g/mol. The fraction of sp³-hybridized carbons (Fsp3) is 0.0952. The molecule has 2 aromatic carbocycles. The first-order valence-corrected chi connectivity index (χ1v) is 8.49. The number of hydrogen-bond acceptors (Lipinski definition) is 4. The lowest BCUT2D eigenvalue weighted by molar-refractivity contribution is -0.120. The topological polar surface area (TPSA) is 68.0 Å². The van der Waals surface area contributed by atoms with E-state index in [1.807, 2.05) is 30.3 Å². The molecule has 0 aliphatic rings. The fourth-order valence-corrected chi connectivity index (χ4v) is 2.73. The maximum atomic E-state index is 12.9. The van der Waals surface area contributed by atoms with Crippen LogP contribution in [0.2, 0.25) is 0 Å². The number of carbonyl (C=O) groups is 1. The van der Waals surface area contributed by atoms with Gasteiger partial charge in [0.1, 0.15) is 17.0 Å². The number of fused-ring (bicyclic) bond motifs is 1. The molecule has 134 valence electrons. The quantitative estimate of drug-likeness (QED) is 0.586. The van der Waals surface area contributed by atoms with Crippen molar-refractivity contribution in [2.24, 2.45) is 0 Å². The molecule has 0 aliphatic carbocycles. The Labute approximate surface area is 154 Å². The second-order valence-corrected chi connectivity index (χ2v) is 6.12. The molecule has 27 heavy (non-hydrogen) atoms. The van der Waals surface area contributed by atoms with Gasteiger partial charge in [-0.05, 0) is 47.5 Å². The Hall–Kier alpha value is -3.54. The van der Waals surface area contributed by atoms with Gasteiger partial charge in [-0.1, -0.05) is 24.3 Å². The Kier molecular flexibility index (Phi) is 4.61. The van der Waals surface area contributed by atoms with Crippen molar-refractivity contribution in [1.82, 2.24) is 15.3 Å². The van der Waals surface area contributed by atoms with E-state index in [4.69, 9.17) is 4.42 Å². The Morgan fingerprint density at radius 2 is 1.85 bits per heavy atom. The van der Waals surface area contributed by atoms with E-state index in [0.29, 0.717) is 29.2 Å². The first-order chi connectivity index (χ1) is 13.2. The van der Waals surface area contributed by atoms with Crippen LogP contribution in [-0.2, 0) is 17.8 Å². The maximum Gasteiger partial charge on any atom is 0.246 e. The van der Waals surface area contributed by atoms with Crippen molar-refractivity contribution in [3.63, 3.8) is 0 Å². The molecule has 0 saturated carbocycles. The lowest BCUT2D eigenvalue weighted by atomic mass is 10.1. The summed E-state index contributed by atoms with van der Waals surface area (Å²) in [6, 6.07) is 17.1. The van der Waals surface area contributed by atoms with E-state index in [9.17, 15) is 9.18 Å². The first kappa shape index (κ1) is 16.9. The highest BCUT2D eigenvalue weighted by atomic mass is 19.1. The summed E-state index contributed by atoms with van der Waals surface area (Å²) in [4.78, 5) is 20.9. The van der Waals surface area contributed by atoms with Gasteiger partial charge in [0.15, 0.2) is 5.58 Å². The van der Waals surface area contributed by atoms with Crippen molar-refractivity contribution < 1.29 is 13.6 Å². The van der Waals surface area contributed by atoms with E-state index in [1.165, 1.54) is 12.1 Å². The number of pyridine rings is 1. The zero-order valence-electron chi connectivity index (χ0n) is 14.4. The van der Waals surface area contributed by atoms with Crippen LogP contribution in [0, 0.1) is 5.82 Å². The average Bonchev–Trinajstić information content (AvgIpc) is 3.12. The van der Waals surface area contributed by atoms with Crippen LogP contribution in [-0.4, -0.2) is 15.9 Å². The molecule has 1 amide bonds. The van der Waals surface area contributed by atoms with Crippen molar-refractivity contribution in [3.05, 3.63) is 83.8 Å². The Morgan fingerprint density at radius 3 is 2.63 bits per heavy atom. The number of carbonyl (C=O) groups excluding carboxylic acids is 1. The molecule has 4 aromatic rings. The van der Waals surface area contributed by atoms with Crippen molar-refractivity contribution in [2.75, 3.05) is 0 Å². The van der Waals surface area contributed by atoms with Crippen LogP contribution in [0.1, 0.15) is 11.1 Å². The summed E-state index contributed by atoms with van der Waals surface area (Å²) < 4.78 is 18.6. The summed E-state index contributed by atoms with van der Waals surface area (Å²) in [6.07, 6.45) is 1.91. The predicted octanol–water partition coefficient (Wildman–Crippen LogP) is 3.89. The van der Waals surface area contributed by atoms with Crippen molar-refractivity contribution in [2.45, 2.75) is 13.0 Å². The number of hydrogen-bond donors (Lipinski definition) is 1. The largest absolute Gasteiger partial charge is 0.435 e. The molecular weight excluding hydrogens is 345 g/mol. The molecule has 4 rings (SSSR count). The van der Waals surface area contributed by atoms with Crippen molar-refractivity contribution >= 4 is 17.0 Å². The Morgan fingerprint density at radius 1 is 1.04 bits per heavy atom. The number of nitrogens with one attached hydrogen (secondary N) is 1. The molecule has 0 bridgehead atoms. The van der Waals surface area contributed by atoms with Gasteiger partial charge in [-0.25, -0.2) is 9.37 Å². The molecule has 5 nitrogen and oxygen atoms in total. The van der Waals surface area contributed by atoms with Crippen LogP contribution >= 0.6 is 0 Å². The van der Waals surface area contributed by atoms with Gasteiger partial charge in [0.05, 0.1) is 6.42 Å². The lowest BCUT2D eigenvalue weighted by Crippen LogP contribution is -2.24. The molecule has 0 aliphatic heterocycles. The minimum Gasteiger partial charge on any atom is -0.435 e. The molecule has 2 aromatic heterocycles. The minimum absolute atomic E-state index is 0.118. The van der Waals surface area contributed by atoms with Gasteiger partial charge >= 0.3 is 0 Å². The Balaban J connectivity index is 1.44. The van der Waals surface area contributed by atoms with Crippen molar-refractivity contribution in [3.8, 4) is 11.6 Å². The maximum absolute atomic E-state index is 12.9. The zero-order chi connectivity index (χ0) is 18.6. The number of rotatable bonds is 5. The van der Waals surface area contributed by atoms with Gasteiger partial charge in [0.2, 0.25) is 11.8 Å². The second kappa shape index (κ2) is 7.37. The predicted molar refractivity (Wildman–Crippen MR) is 99.2 cm³/mol. The molecule has 1 N–H and O–H groups in total. The average molecular weight is 361 g/mol. The smallest absolute Gasteiger partial charge is 0.246 e. The first-order valence-electron chi connectivity index (χ1n) is 8.49. The normalized spacial score (nSPS) is 10.9. The van der Waals surface area contributed by atoms with Crippen LogP contribution < -0.4 is 5.32 Å². The van der Waals surface area contributed by atoms with Gasteiger partial charge in [-0.3, -0.25) is 9.78 Å². The molecule has 0 unspecified atom stereocenters. The second-order valence-electron chi connectivity index (χ2n) is 6.12. The SMILES string of the molecule is O=C(Cc1ccc2oc(-c3ccccn3)nc2c1)NCc1ccc(F)cc1. The van der Waals surface area contributed by atoms with E-state index in [-0.39, 0.29) is 18.1 Å². The zero-order valence-corrected chi connectivity index (χ0v) is 14.4. The highest BCUT2D eigenvalue weighted by molar-refractivity contribution is 5.81. The summed E-state index contributed by atoms with van der Waals surface area (Å²) in [5.41, 5.74) is 3.66. The summed E-state index contributed by atoms with van der Waals surface area (Å²) in [5, 5.41) is 2.83. The number of amides is 1. The molecule has 6 heteroatoms. The van der Waals surface area contributed by atoms with Gasteiger partial charge in [-0.2, -0.15) is 0 Å². The summed E-state index contributed by atoms with van der Waals surface area (Å²) in [5.74, 6) is 0.0340. The van der Waals surface area contributed by atoms with Gasteiger partial charge in [0.25, 0.3) is 0 Å². The molecule has 0 saturated heterocycles. The van der Waals surface area contributed by atoms with E-state index in [1.54, 1.807) is 24.4 Å². The molecule has 0 fully saturated rings. The van der Waals surface area contributed by atoms with E-state index < -0.39 is 0 Å². The van der Waals surface area contributed by atoms with Crippen LogP contribution in [0.15, 0.2) is 71.3 Å². The van der Waals surface area contributed by atoms with Gasteiger partial charge < -0.3 is 9.73 Å². The molecule has 2 heterocycles. The van der Waals surface area contributed by atoms with Gasteiger partial charge in [-0.15, -0.1) is 0 Å². The number of benzene rings is 2. The van der Waals surface area contributed by atoms with Crippen LogP contribution in [0.25, 0.3) is 22.7 Å². The third-order valence-electron chi connectivity index (χ3n) is 4.10. The molecule has 0 spiro atoms. The highest BCUT2D eigenvalue weighted by Crippen LogP contribution is 2.23. The lowest BCUT2D eigenvalue weighted by Gasteiger charge is -2.05. The summed E-state index contributed by atoms with van der Waals surface area (Å²) in [7, 11) is 0. The highest BCUT2D eigenvalue weighted by Gasteiger charge is 2.11. The number of aromatic nitrogens is 2. The number of halogens is 1. The fourth-order valence-electron chi connectivity index (χ4n) is 2.73. The minimum atomic E-state index is -0.295. The standard InChI is InChI=1S/C21H16FN3O2/c22-16-7-4-14(5-8-16)13-24-20(26)12-15-6-9-19-18(11-15)25-21(27-19)17-3-1-2-10-23-17/h1-11H,12-13H2,(H,24,26). The van der Waals surface area contributed by atoms with E-state index >= 15 is 0 Å². The molecule has 0 atom stereocenters. The summed E-state index contributed by atoms with van der Waals surface area (Å²) in [6.45, 7) is 0.356. The van der Waals surface area contributed by atoms with Gasteiger partial charge in [0, 0.05) is 12.7 Å². The summed E-state index contributed by atoms with van der Waals surface area (Å²) >= 11 is 0. The number of oxazole rings is 1. The Bertz CT molecular complexity index is 1080. The van der Waals surface area contributed by atoms with Crippen molar-refractivity contribution in [1.29, 1.82) is 0 Å². The van der Waals surface area contributed by atoms with Crippen LogP contribution in [0.4, 0.5) is 4.39 Å². The van der Waals surface area contributed by atoms with E-state index in [0.717, 1.165) is 11.1 Å². The third kappa shape index (κ3) is 4.00. The van der Waals surface area contributed by atoms with E-state index in [2.05, 4.69) is 15.3 Å². The number of nitrogens with zero attached hydrogens (tertiary/aromatic N) is 2. The molecule has 0 radical (unpaired) electrons. The molecular formula is C21H16FN3O2. The van der Waals surface area contributed by atoms with Crippen LogP contribution in [0.5, 0.6) is 0 Å².